The first-order valence-electron chi connectivity index (χ1n) is 12.2. The van der Waals surface area contributed by atoms with Crippen LogP contribution in [0.2, 0.25) is 0 Å². The first-order valence-corrected chi connectivity index (χ1v) is 12.2. The smallest absolute Gasteiger partial charge is 0.0622 e. The van der Waals surface area contributed by atoms with E-state index < -0.39 is 0 Å². The van der Waals surface area contributed by atoms with Crippen LogP contribution in [0, 0.1) is 0 Å². The van der Waals surface area contributed by atoms with E-state index >= 15 is 0 Å². The SMILES string of the molecule is c1ccc(-c2ccc3c4c(ccc3c2)-c2ccccc2C4(c2ccccc2)c2ccccc2)cc1. The summed E-state index contributed by atoms with van der Waals surface area (Å²) >= 11 is 0. The van der Waals surface area contributed by atoms with Crippen LogP contribution < -0.4 is 0 Å². The summed E-state index contributed by atoms with van der Waals surface area (Å²) in [4.78, 5) is 0. The predicted octanol–water partition coefficient (Wildman–Crippen LogP) is 8.87. The van der Waals surface area contributed by atoms with E-state index in [-0.39, 0.29) is 5.41 Å². The van der Waals surface area contributed by atoms with Crippen LogP contribution in [0.25, 0.3) is 33.0 Å². The minimum Gasteiger partial charge on any atom is -0.0622 e. The lowest BCUT2D eigenvalue weighted by atomic mass is 9.66. The first kappa shape index (κ1) is 20.0. The second-order valence-electron chi connectivity index (χ2n) is 9.32. The number of fused-ring (bicyclic) bond motifs is 5. The lowest BCUT2D eigenvalue weighted by Crippen LogP contribution is -2.28. The van der Waals surface area contributed by atoms with Crippen molar-refractivity contribution < 1.29 is 0 Å². The first-order chi connectivity index (χ1) is 17.4. The molecule has 0 nitrogen and oxygen atoms in total. The zero-order valence-electron chi connectivity index (χ0n) is 19.4. The fraction of sp³-hybridized carbons (Fsp3) is 0.0286. The second-order valence-corrected chi connectivity index (χ2v) is 9.32. The Morgan fingerprint density at radius 2 is 1.00 bits per heavy atom. The van der Waals surface area contributed by atoms with Gasteiger partial charge in [-0.2, -0.15) is 0 Å². The van der Waals surface area contributed by atoms with Gasteiger partial charge >= 0.3 is 0 Å². The Kier molecular flexibility index (Phi) is 4.47. The van der Waals surface area contributed by atoms with E-state index in [0.29, 0.717) is 0 Å². The van der Waals surface area contributed by atoms with Gasteiger partial charge in [0, 0.05) is 0 Å². The number of hydrogen-bond donors (Lipinski definition) is 0. The van der Waals surface area contributed by atoms with Crippen LogP contribution in [-0.4, -0.2) is 0 Å². The number of hydrogen-bond acceptors (Lipinski definition) is 0. The number of rotatable bonds is 3. The summed E-state index contributed by atoms with van der Waals surface area (Å²) in [5, 5.41) is 2.58. The zero-order chi connectivity index (χ0) is 23.2. The maximum Gasteiger partial charge on any atom is 0.0719 e. The van der Waals surface area contributed by atoms with Crippen LogP contribution in [0.5, 0.6) is 0 Å². The van der Waals surface area contributed by atoms with Gasteiger partial charge in [0.2, 0.25) is 0 Å². The molecule has 0 aliphatic heterocycles. The molecular formula is C35H24. The monoisotopic (exact) mass is 444 g/mol. The molecule has 1 aliphatic carbocycles. The topological polar surface area (TPSA) is 0 Å². The molecule has 0 N–H and O–H groups in total. The van der Waals surface area contributed by atoms with Crippen molar-refractivity contribution in [2.45, 2.75) is 5.41 Å². The van der Waals surface area contributed by atoms with Crippen LogP contribution in [0.15, 0.2) is 146 Å². The van der Waals surface area contributed by atoms with Crippen molar-refractivity contribution >= 4 is 10.8 Å². The highest BCUT2D eigenvalue weighted by Gasteiger charge is 2.46. The third-order valence-corrected chi connectivity index (χ3v) is 7.54. The van der Waals surface area contributed by atoms with Gasteiger partial charge in [0.05, 0.1) is 5.41 Å². The minimum absolute atomic E-state index is 0.373. The highest BCUT2D eigenvalue weighted by Crippen LogP contribution is 2.58. The molecule has 0 heterocycles. The van der Waals surface area contributed by atoms with Crippen LogP contribution >= 0.6 is 0 Å². The van der Waals surface area contributed by atoms with Gasteiger partial charge in [-0.15, -0.1) is 0 Å². The van der Waals surface area contributed by atoms with E-state index in [1.807, 2.05) is 0 Å². The Hall–Kier alpha value is -4.42. The molecule has 164 valence electrons. The molecule has 0 atom stereocenters. The van der Waals surface area contributed by atoms with E-state index in [9.17, 15) is 0 Å². The van der Waals surface area contributed by atoms with E-state index in [2.05, 4.69) is 146 Å². The van der Waals surface area contributed by atoms with Gasteiger partial charge in [-0.25, -0.2) is 0 Å². The molecule has 0 spiro atoms. The normalized spacial score (nSPS) is 13.4. The Labute approximate surface area is 206 Å². The number of benzene rings is 6. The van der Waals surface area contributed by atoms with Crippen molar-refractivity contribution in [3.05, 3.63) is 168 Å². The Morgan fingerprint density at radius 1 is 0.400 bits per heavy atom. The highest BCUT2D eigenvalue weighted by molar-refractivity contribution is 6.01. The Morgan fingerprint density at radius 3 is 1.69 bits per heavy atom. The van der Waals surface area contributed by atoms with E-state index in [1.165, 1.54) is 55.3 Å². The van der Waals surface area contributed by atoms with Gasteiger partial charge < -0.3 is 0 Å². The molecule has 0 saturated heterocycles. The summed E-state index contributed by atoms with van der Waals surface area (Å²) in [5.74, 6) is 0. The summed E-state index contributed by atoms with van der Waals surface area (Å²) in [6.45, 7) is 0. The molecule has 0 heteroatoms. The second kappa shape index (κ2) is 7.82. The molecule has 1 aliphatic rings. The molecule has 6 aromatic carbocycles. The van der Waals surface area contributed by atoms with Gasteiger partial charge in [0.25, 0.3) is 0 Å². The summed E-state index contributed by atoms with van der Waals surface area (Å²) in [6, 6.07) is 53.2. The van der Waals surface area contributed by atoms with Gasteiger partial charge in [-0.3, -0.25) is 0 Å². The molecule has 0 radical (unpaired) electrons. The third-order valence-electron chi connectivity index (χ3n) is 7.54. The summed E-state index contributed by atoms with van der Waals surface area (Å²) in [6.07, 6.45) is 0. The van der Waals surface area contributed by atoms with Crippen molar-refractivity contribution in [1.82, 2.24) is 0 Å². The third kappa shape index (κ3) is 2.87. The Balaban J connectivity index is 1.62. The van der Waals surface area contributed by atoms with Gasteiger partial charge in [-0.05, 0) is 61.3 Å². The van der Waals surface area contributed by atoms with Gasteiger partial charge in [0.15, 0.2) is 0 Å². The predicted molar refractivity (Wildman–Crippen MR) is 147 cm³/mol. The maximum absolute atomic E-state index is 2.34. The summed E-state index contributed by atoms with van der Waals surface area (Å²) in [5.41, 5.74) is 10.1. The molecule has 0 fully saturated rings. The Bertz CT molecular complexity index is 1620. The quantitative estimate of drug-likeness (QED) is 0.255. The van der Waals surface area contributed by atoms with Crippen LogP contribution in [-0.2, 0) is 5.41 Å². The van der Waals surface area contributed by atoms with Crippen molar-refractivity contribution in [3.63, 3.8) is 0 Å². The summed E-state index contributed by atoms with van der Waals surface area (Å²) in [7, 11) is 0. The average molecular weight is 445 g/mol. The lowest BCUT2D eigenvalue weighted by Gasteiger charge is -2.34. The fourth-order valence-electron chi connectivity index (χ4n) is 6.09. The molecular weight excluding hydrogens is 420 g/mol. The zero-order valence-corrected chi connectivity index (χ0v) is 19.4. The maximum atomic E-state index is 2.34. The van der Waals surface area contributed by atoms with Crippen molar-refractivity contribution in [2.75, 3.05) is 0 Å². The van der Waals surface area contributed by atoms with Crippen molar-refractivity contribution in [2.24, 2.45) is 0 Å². The van der Waals surface area contributed by atoms with E-state index in [1.54, 1.807) is 0 Å². The molecule has 0 saturated carbocycles. The van der Waals surface area contributed by atoms with Crippen molar-refractivity contribution in [1.29, 1.82) is 0 Å². The molecule has 7 rings (SSSR count). The average Bonchev–Trinajstić information content (AvgIpc) is 3.26. The largest absolute Gasteiger partial charge is 0.0719 e. The standard InChI is InChI=1S/C35H24/c1-4-12-25(13-5-1)26-20-22-30-27(24-26)21-23-32-31-18-10-11-19-33(31)35(34(30)32,28-14-6-2-7-15-28)29-16-8-3-9-17-29/h1-24H. The van der Waals surface area contributed by atoms with Crippen molar-refractivity contribution in [3.8, 4) is 22.3 Å². The molecule has 35 heavy (non-hydrogen) atoms. The molecule has 0 aromatic heterocycles. The molecule has 0 bridgehead atoms. The summed E-state index contributed by atoms with van der Waals surface area (Å²) < 4.78 is 0. The molecule has 0 unspecified atom stereocenters. The minimum atomic E-state index is -0.373. The van der Waals surface area contributed by atoms with E-state index in [4.69, 9.17) is 0 Å². The lowest BCUT2D eigenvalue weighted by molar-refractivity contribution is 0.775. The van der Waals surface area contributed by atoms with Crippen LogP contribution in [0.1, 0.15) is 22.3 Å². The van der Waals surface area contributed by atoms with Crippen LogP contribution in [0.4, 0.5) is 0 Å². The van der Waals surface area contributed by atoms with Gasteiger partial charge in [0.1, 0.15) is 0 Å². The van der Waals surface area contributed by atoms with Gasteiger partial charge in [-0.1, -0.05) is 140 Å². The fourth-order valence-corrected chi connectivity index (χ4v) is 6.09. The molecule has 0 amide bonds. The molecule has 6 aromatic rings. The highest BCUT2D eigenvalue weighted by atomic mass is 14.5. The van der Waals surface area contributed by atoms with Crippen LogP contribution in [0.3, 0.4) is 0 Å². The van der Waals surface area contributed by atoms with E-state index in [0.717, 1.165) is 0 Å².